The van der Waals surface area contributed by atoms with Crippen LogP contribution in [-0.2, 0) is 14.8 Å². The molecule has 1 aliphatic heterocycles. The summed E-state index contributed by atoms with van der Waals surface area (Å²) in [7, 11) is -1.94. The molecule has 0 unspecified atom stereocenters. The number of hydrogen-bond donors (Lipinski definition) is 1. The summed E-state index contributed by atoms with van der Waals surface area (Å²) in [5.74, 6) is 1.26. The van der Waals surface area contributed by atoms with Crippen molar-refractivity contribution in [2.75, 3.05) is 24.2 Å². The molecular weight excluding hydrogens is 464 g/mol. The third-order valence-electron chi connectivity index (χ3n) is 5.68. The van der Waals surface area contributed by atoms with Gasteiger partial charge in [-0.15, -0.1) is 0 Å². The van der Waals surface area contributed by atoms with E-state index in [9.17, 15) is 13.2 Å². The third-order valence-corrected chi connectivity index (χ3v) is 7.27. The first-order chi connectivity index (χ1) is 15.4. The van der Waals surface area contributed by atoms with Gasteiger partial charge in [0.1, 0.15) is 17.1 Å². The van der Waals surface area contributed by atoms with Crippen molar-refractivity contribution < 1.29 is 22.7 Å². The lowest BCUT2D eigenvalue weighted by Crippen LogP contribution is -2.41. The van der Waals surface area contributed by atoms with Crippen molar-refractivity contribution in [2.24, 2.45) is 0 Å². The van der Waals surface area contributed by atoms with Gasteiger partial charge < -0.3 is 14.8 Å². The topological polar surface area (TPSA) is 84.9 Å². The minimum atomic E-state index is -3.53. The van der Waals surface area contributed by atoms with Crippen LogP contribution >= 0.6 is 11.6 Å². The first kappa shape index (κ1) is 25.2. The number of ether oxygens (including phenoxy) is 2. The molecule has 0 bridgehead atoms. The Hall–Kier alpha value is -2.45. The summed E-state index contributed by atoms with van der Waals surface area (Å²) in [5, 5.41) is 3.59. The van der Waals surface area contributed by atoms with E-state index >= 15 is 0 Å². The highest BCUT2D eigenvalue weighted by Gasteiger charge is 2.35. The summed E-state index contributed by atoms with van der Waals surface area (Å²) in [6.45, 7) is 5.92. The molecular formula is C24H31ClN2O5S. The molecule has 33 heavy (non-hydrogen) atoms. The average Bonchev–Trinajstić information content (AvgIpc) is 2.72. The van der Waals surface area contributed by atoms with Gasteiger partial charge in [0, 0.05) is 30.0 Å². The number of carbonyl (C=O) groups is 1. The molecule has 2 aromatic rings. The van der Waals surface area contributed by atoms with Gasteiger partial charge in [-0.25, -0.2) is 8.42 Å². The molecule has 9 heteroatoms. The summed E-state index contributed by atoms with van der Waals surface area (Å²) in [6, 6.07) is 10.5. The maximum atomic E-state index is 12.8. The molecule has 1 N–H and O–H groups in total. The molecule has 1 aliphatic rings. The summed E-state index contributed by atoms with van der Waals surface area (Å²) in [5.41, 5.74) is 1.65. The normalized spacial score (nSPS) is 17.0. The smallest absolute Gasteiger partial charge is 0.232 e. The summed E-state index contributed by atoms with van der Waals surface area (Å²) >= 11 is 6.18. The van der Waals surface area contributed by atoms with Crippen LogP contribution in [-0.4, -0.2) is 39.8 Å². The van der Waals surface area contributed by atoms with Crippen LogP contribution in [0.4, 0.5) is 5.69 Å². The quantitative estimate of drug-likeness (QED) is 0.578. The zero-order chi connectivity index (χ0) is 24.4. The molecule has 0 saturated heterocycles. The number of nitrogens with zero attached hydrogens (tertiary/aromatic N) is 1. The fraction of sp³-hybridized carbons (Fsp3) is 0.458. The Kier molecular flexibility index (Phi) is 7.49. The lowest BCUT2D eigenvalue weighted by atomic mass is 9.89. The van der Waals surface area contributed by atoms with Gasteiger partial charge in [-0.1, -0.05) is 17.7 Å². The van der Waals surface area contributed by atoms with Crippen LogP contribution in [0.15, 0.2) is 36.4 Å². The van der Waals surface area contributed by atoms with Crippen LogP contribution in [0.25, 0.3) is 0 Å². The molecule has 180 valence electrons. The van der Waals surface area contributed by atoms with E-state index in [1.165, 1.54) is 4.31 Å². The van der Waals surface area contributed by atoms with Gasteiger partial charge in [0.15, 0.2) is 0 Å². The predicted molar refractivity (Wildman–Crippen MR) is 131 cm³/mol. The minimum Gasteiger partial charge on any atom is -0.497 e. The SMILES string of the molecule is COc1ccc2c(c1)[C@H](NC(=O)CCCN(c1cccc(Cl)c1C)S(C)(=O)=O)CC(C)(C)O2. The van der Waals surface area contributed by atoms with Crippen molar-refractivity contribution in [3.8, 4) is 11.5 Å². The third kappa shape index (κ3) is 6.12. The zero-order valence-electron chi connectivity index (χ0n) is 19.6. The molecule has 2 aromatic carbocycles. The standard InChI is InChI=1S/C24H31ClN2O5S/c1-16-19(25)8-6-9-21(16)27(33(5,29)30)13-7-10-23(28)26-20-15-24(2,3)32-22-12-11-17(31-4)14-18(20)22/h6,8-9,11-12,14,20H,7,10,13,15H2,1-5H3,(H,26,28)/t20-/m1/s1. The molecule has 0 saturated carbocycles. The molecule has 0 fully saturated rings. The number of fused-ring (bicyclic) bond motifs is 1. The predicted octanol–water partition coefficient (Wildman–Crippen LogP) is 4.62. The Morgan fingerprint density at radius 3 is 2.70 bits per heavy atom. The number of sulfonamides is 1. The van der Waals surface area contributed by atoms with Gasteiger partial charge in [-0.2, -0.15) is 0 Å². The second-order valence-electron chi connectivity index (χ2n) is 8.91. The lowest BCUT2D eigenvalue weighted by Gasteiger charge is -2.38. The second kappa shape index (κ2) is 9.81. The molecule has 1 atom stereocenters. The highest BCUT2D eigenvalue weighted by Crippen LogP contribution is 2.41. The van der Waals surface area contributed by atoms with E-state index in [1.54, 1.807) is 32.2 Å². The number of amides is 1. The lowest BCUT2D eigenvalue weighted by molar-refractivity contribution is -0.122. The first-order valence-electron chi connectivity index (χ1n) is 10.8. The number of methoxy groups -OCH3 is 1. The van der Waals surface area contributed by atoms with Crippen molar-refractivity contribution in [3.05, 3.63) is 52.5 Å². The number of benzene rings is 2. The van der Waals surface area contributed by atoms with Crippen LogP contribution in [0.2, 0.25) is 5.02 Å². The van der Waals surface area contributed by atoms with Crippen LogP contribution in [0, 0.1) is 6.92 Å². The minimum absolute atomic E-state index is 0.150. The van der Waals surface area contributed by atoms with E-state index in [-0.39, 0.29) is 24.9 Å². The van der Waals surface area contributed by atoms with E-state index in [2.05, 4.69) is 5.32 Å². The molecule has 0 aromatic heterocycles. The molecule has 7 nitrogen and oxygen atoms in total. The number of anilines is 1. The molecule has 0 radical (unpaired) electrons. The maximum Gasteiger partial charge on any atom is 0.232 e. The van der Waals surface area contributed by atoms with Gasteiger partial charge in [-0.3, -0.25) is 9.10 Å². The van der Waals surface area contributed by atoms with Gasteiger partial charge in [0.05, 0.1) is 25.1 Å². The van der Waals surface area contributed by atoms with E-state index in [0.717, 1.165) is 17.6 Å². The largest absolute Gasteiger partial charge is 0.497 e. The Bertz CT molecular complexity index is 1130. The van der Waals surface area contributed by atoms with E-state index in [4.69, 9.17) is 21.1 Å². The first-order valence-corrected chi connectivity index (χ1v) is 13.0. The average molecular weight is 495 g/mol. The number of halogens is 1. The van der Waals surface area contributed by atoms with Gasteiger partial charge in [0.2, 0.25) is 15.9 Å². The van der Waals surface area contributed by atoms with Gasteiger partial charge in [-0.05, 0) is 63.1 Å². The van der Waals surface area contributed by atoms with Crippen LogP contribution < -0.4 is 19.1 Å². The monoisotopic (exact) mass is 494 g/mol. The molecule has 0 aliphatic carbocycles. The van der Waals surface area contributed by atoms with E-state index in [0.29, 0.717) is 34.9 Å². The fourth-order valence-corrected chi connectivity index (χ4v) is 5.25. The van der Waals surface area contributed by atoms with Crippen molar-refractivity contribution in [1.82, 2.24) is 5.32 Å². The molecule has 3 rings (SSSR count). The Balaban J connectivity index is 1.69. The van der Waals surface area contributed by atoms with Gasteiger partial charge >= 0.3 is 0 Å². The Morgan fingerprint density at radius 2 is 2.03 bits per heavy atom. The van der Waals surface area contributed by atoms with Crippen LogP contribution in [0.1, 0.15) is 50.3 Å². The summed E-state index contributed by atoms with van der Waals surface area (Å²) in [6.07, 6.45) is 2.31. The van der Waals surface area contributed by atoms with Crippen molar-refractivity contribution >= 4 is 33.2 Å². The molecule has 1 heterocycles. The number of rotatable bonds is 8. The Labute approximate surface area is 201 Å². The van der Waals surface area contributed by atoms with Gasteiger partial charge in [0.25, 0.3) is 0 Å². The zero-order valence-corrected chi connectivity index (χ0v) is 21.2. The number of hydrogen-bond acceptors (Lipinski definition) is 5. The maximum absolute atomic E-state index is 12.8. The van der Waals surface area contributed by atoms with E-state index < -0.39 is 15.6 Å². The van der Waals surface area contributed by atoms with Crippen molar-refractivity contribution in [2.45, 2.75) is 51.7 Å². The van der Waals surface area contributed by atoms with Crippen LogP contribution in [0.3, 0.4) is 0 Å². The molecule has 0 spiro atoms. The van der Waals surface area contributed by atoms with Crippen LogP contribution in [0.5, 0.6) is 11.5 Å². The molecule has 1 amide bonds. The highest BCUT2D eigenvalue weighted by atomic mass is 35.5. The van der Waals surface area contributed by atoms with E-state index in [1.807, 2.05) is 32.0 Å². The Morgan fingerprint density at radius 1 is 1.30 bits per heavy atom. The second-order valence-corrected chi connectivity index (χ2v) is 11.2. The summed E-state index contributed by atoms with van der Waals surface area (Å²) in [4.78, 5) is 12.8. The highest BCUT2D eigenvalue weighted by molar-refractivity contribution is 7.92. The number of nitrogens with one attached hydrogen (secondary N) is 1. The van der Waals surface area contributed by atoms with Crippen molar-refractivity contribution in [1.29, 1.82) is 0 Å². The van der Waals surface area contributed by atoms with Crippen molar-refractivity contribution in [3.63, 3.8) is 0 Å². The fourth-order valence-electron chi connectivity index (χ4n) is 4.07. The summed E-state index contributed by atoms with van der Waals surface area (Å²) < 4.78 is 37.5. The number of carbonyl (C=O) groups excluding carboxylic acids is 1.